The summed E-state index contributed by atoms with van der Waals surface area (Å²) >= 11 is 0. The number of hydrogen-bond donors (Lipinski definition) is 3. The summed E-state index contributed by atoms with van der Waals surface area (Å²) in [6.07, 6.45) is 0.411. The molecule has 0 unspecified atom stereocenters. The van der Waals surface area contributed by atoms with Gasteiger partial charge in [-0.1, -0.05) is 48.5 Å². The van der Waals surface area contributed by atoms with Gasteiger partial charge in [-0.2, -0.15) is 0 Å². The average Bonchev–Trinajstić information content (AvgIpc) is 3.13. The molecule has 0 spiro atoms. The van der Waals surface area contributed by atoms with Crippen LogP contribution >= 0.6 is 0 Å². The summed E-state index contributed by atoms with van der Waals surface area (Å²) in [6, 6.07) is 15.2. The molecule has 0 heterocycles. The van der Waals surface area contributed by atoms with Gasteiger partial charge < -0.3 is 25.2 Å². The van der Waals surface area contributed by atoms with Gasteiger partial charge in [-0.15, -0.1) is 0 Å². The number of benzene rings is 2. The average molecular weight is 467 g/mol. The van der Waals surface area contributed by atoms with Crippen molar-refractivity contribution in [1.82, 2.24) is 10.6 Å². The Bertz CT molecular complexity index is 1020. The highest BCUT2D eigenvalue weighted by Gasteiger charge is 2.35. The number of hydrogen-bond acceptors (Lipinski definition) is 5. The third-order valence-corrected chi connectivity index (χ3v) is 6.80. The molecule has 2 aromatic carbocycles. The summed E-state index contributed by atoms with van der Waals surface area (Å²) in [4.78, 5) is 35.9. The predicted octanol–water partition coefficient (Wildman–Crippen LogP) is 3.30. The quantitative estimate of drug-likeness (QED) is 0.523. The number of carboxylic acids is 1. The van der Waals surface area contributed by atoms with E-state index in [1.54, 1.807) is 6.92 Å². The summed E-state index contributed by atoms with van der Waals surface area (Å²) in [6.45, 7) is 1.85. The first-order chi connectivity index (χ1) is 16.4. The minimum absolute atomic E-state index is 0.00709. The standard InChI is InChI=1S/C26H30N2O6/c1-15(33-2)24(25(30)31)28-23(29)13-16-11-17(12-16)27-26(32)34-14-22-20-9-5-3-7-18(20)19-8-4-6-10-21(19)22/h3-10,15-17,22,24H,11-14H2,1-2H3,(H,27,32)(H,28,29)(H,30,31)/t15-,16?,17?,24+/m1/s1. The maximum atomic E-state index is 12.4. The second-order valence-corrected chi connectivity index (χ2v) is 9.03. The van der Waals surface area contributed by atoms with Crippen molar-refractivity contribution in [3.05, 3.63) is 59.7 Å². The van der Waals surface area contributed by atoms with E-state index >= 15 is 0 Å². The van der Waals surface area contributed by atoms with Gasteiger partial charge in [0.2, 0.25) is 5.91 Å². The maximum absolute atomic E-state index is 12.4. The summed E-state index contributed by atoms with van der Waals surface area (Å²) in [7, 11) is 1.40. The number of aliphatic carboxylic acids is 1. The first-order valence-corrected chi connectivity index (χ1v) is 11.5. The van der Waals surface area contributed by atoms with Gasteiger partial charge in [0, 0.05) is 25.5 Å². The monoisotopic (exact) mass is 466 g/mol. The van der Waals surface area contributed by atoms with E-state index in [4.69, 9.17) is 9.47 Å². The molecule has 4 rings (SSSR count). The molecule has 2 amide bonds. The van der Waals surface area contributed by atoms with Crippen LogP contribution in [0.2, 0.25) is 0 Å². The van der Waals surface area contributed by atoms with Gasteiger partial charge >= 0.3 is 12.1 Å². The Morgan fingerprint density at radius 3 is 2.18 bits per heavy atom. The van der Waals surface area contributed by atoms with E-state index in [2.05, 4.69) is 34.9 Å². The zero-order valence-corrected chi connectivity index (χ0v) is 19.3. The number of carbonyl (C=O) groups excluding carboxylic acids is 2. The number of fused-ring (bicyclic) bond motifs is 3. The highest BCUT2D eigenvalue weighted by atomic mass is 16.5. The number of alkyl carbamates (subject to hydrolysis) is 1. The Morgan fingerprint density at radius 1 is 1.03 bits per heavy atom. The summed E-state index contributed by atoms with van der Waals surface area (Å²) in [5, 5.41) is 14.6. The van der Waals surface area contributed by atoms with Crippen LogP contribution in [0.15, 0.2) is 48.5 Å². The first kappa shape index (κ1) is 23.8. The van der Waals surface area contributed by atoms with Crippen LogP contribution in [0.5, 0.6) is 0 Å². The largest absolute Gasteiger partial charge is 0.480 e. The van der Waals surface area contributed by atoms with E-state index in [1.807, 2.05) is 24.3 Å². The highest BCUT2D eigenvalue weighted by molar-refractivity contribution is 5.84. The van der Waals surface area contributed by atoms with Crippen LogP contribution < -0.4 is 10.6 Å². The Balaban J connectivity index is 1.22. The number of ether oxygens (including phenoxy) is 2. The Labute approximate surface area is 198 Å². The van der Waals surface area contributed by atoms with Gasteiger partial charge in [0.15, 0.2) is 6.04 Å². The minimum Gasteiger partial charge on any atom is -0.480 e. The molecule has 3 N–H and O–H groups in total. The number of methoxy groups -OCH3 is 1. The number of nitrogens with one attached hydrogen (secondary N) is 2. The van der Waals surface area contributed by atoms with Crippen LogP contribution in [-0.2, 0) is 19.1 Å². The van der Waals surface area contributed by atoms with Crippen LogP contribution in [0.1, 0.15) is 43.2 Å². The predicted molar refractivity (Wildman–Crippen MR) is 125 cm³/mol. The number of amides is 2. The van der Waals surface area contributed by atoms with Crippen LogP contribution in [0.3, 0.4) is 0 Å². The van der Waals surface area contributed by atoms with Crippen molar-refractivity contribution in [2.75, 3.05) is 13.7 Å². The van der Waals surface area contributed by atoms with Crippen molar-refractivity contribution in [3.63, 3.8) is 0 Å². The first-order valence-electron chi connectivity index (χ1n) is 11.5. The molecular formula is C26H30N2O6. The van der Waals surface area contributed by atoms with Crippen molar-refractivity contribution in [2.24, 2.45) is 5.92 Å². The molecule has 1 fully saturated rings. The van der Waals surface area contributed by atoms with E-state index in [9.17, 15) is 19.5 Å². The van der Waals surface area contributed by atoms with Crippen LogP contribution in [0.25, 0.3) is 11.1 Å². The van der Waals surface area contributed by atoms with E-state index in [1.165, 1.54) is 18.2 Å². The Hall–Kier alpha value is -3.39. The molecular weight excluding hydrogens is 436 g/mol. The van der Waals surface area contributed by atoms with E-state index in [-0.39, 0.29) is 36.8 Å². The maximum Gasteiger partial charge on any atom is 0.407 e. The third-order valence-electron chi connectivity index (χ3n) is 6.80. The van der Waals surface area contributed by atoms with Crippen molar-refractivity contribution in [3.8, 4) is 11.1 Å². The van der Waals surface area contributed by atoms with Crippen molar-refractivity contribution in [2.45, 2.75) is 50.3 Å². The Kier molecular flexibility index (Phi) is 7.17. The van der Waals surface area contributed by atoms with Crippen LogP contribution in [-0.4, -0.2) is 55.0 Å². The van der Waals surface area contributed by atoms with Gasteiger partial charge in [0.25, 0.3) is 0 Å². The molecule has 34 heavy (non-hydrogen) atoms. The molecule has 8 heteroatoms. The molecule has 0 aliphatic heterocycles. The second kappa shape index (κ2) is 10.3. The lowest BCUT2D eigenvalue weighted by atomic mass is 9.78. The minimum atomic E-state index is -1.13. The number of carbonyl (C=O) groups is 3. The van der Waals surface area contributed by atoms with Crippen LogP contribution in [0.4, 0.5) is 4.79 Å². The summed E-state index contributed by atoms with van der Waals surface area (Å²) in [5.74, 6) is -1.37. The molecule has 2 aromatic rings. The van der Waals surface area contributed by atoms with Crippen molar-refractivity contribution in [1.29, 1.82) is 0 Å². The smallest absolute Gasteiger partial charge is 0.407 e. The zero-order valence-electron chi connectivity index (χ0n) is 19.3. The van der Waals surface area contributed by atoms with Crippen molar-refractivity contribution < 1.29 is 29.0 Å². The van der Waals surface area contributed by atoms with Gasteiger partial charge in [0.05, 0.1) is 6.10 Å². The lowest BCUT2D eigenvalue weighted by molar-refractivity contribution is -0.145. The second-order valence-electron chi connectivity index (χ2n) is 9.03. The normalized spacial score (nSPS) is 20.3. The van der Waals surface area contributed by atoms with Gasteiger partial charge in [-0.25, -0.2) is 9.59 Å². The molecule has 8 nitrogen and oxygen atoms in total. The Morgan fingerprint density at radius 2 is 1.62 bits per heavy atom. The van der Waals surface area contributed by atoms with Crippen LogP contribution in [0, 0.1) is 5.92 Å². The fraction of sp³-hybridized carbons (Fsp3) is 0.423. The molecule has 2 atom stereocenters. The molecule has 180 valence electrons. The molecule has 0 bridgehead atoms. The highest BCUT2D eigenvalue weighted by Crippen LogP contribution is 2.44. The SMILES string of the molecule is CO[C@H](C)[C@H](NC(=O)CC1CC(NC(=O)OCC2c3ccccc3-c3ccccc32)C1)C(=O)O. The lowest BCUT2D eigenvalue weighted by Gasteiger charge is -2.35. The topological polar surface area (TPSA) is 114 Å². The fourth-order valence-electron chi connectivity index (χ4n) is 4.84. The van der Waals surface area contributed by atoms with Gasteiger partial charge in [-0.05, 0) is 47.9 Å². The molecule has 1 saturated carbocycles. The van der Waals surface area contributed by atoms with E-state index < -0.39 is 24.2 Å². The summed E-state index contributed by atoms with van der Waals surface area (Å²) in [5.41, 5.74) is 4.68. The zero-order chi connectivity index (χ0) is 24.2. The fourth-order valence-corrected chi connectivity index (χ4v) is 4.84. The molecule has 0 radical (unpaired) electrons. The molecule has 2 aliphatic rings. The molecule has 0 aromatic heterocycles. The summed E-state index contributed by atoms with van der Waals surface area (Å²) < 4.78 is 10.6. The number of rotatable bonds is 9. The lowest BCUT2D eigenvalue weighted by Crippen LogP contribution is -2.50. The molecule has 2 aliphatic carbocycles. The van der Waals surface area contributed by atoms with Gasteiger partial charge in [-0.3, -0.25) is 4.79 Å². The van der Waals surface area contributed by atoms with E-state index in [0.717, 1.165) is 11.1 Å². The third kappa shape index (κ3) is 5.07. The molecule has 0 saturated heterocycles. The van der Waals surface area contributed by atoms with Gasteiger partial charge in [0.1, 0.15) is 6.61 Å². The number of carboxylic acid groups (broad SMARTS) is 1. The van der Waals surface area contributed by atoms with Crippen molar-refractivity contribution >= 4 is 18.0 Å². The van der Waals surface area contributed by atoms with E-state index in [0.29, 0.717) is 12.8 Å².